The maximum atomic E-state index is 12.6. The van der Waals surface area contributed by atoms with Gasteiger partial charge in [0, 0.05) is 0 Å². The van der Waals surface area contributed by atoms with Gasteiger partial charge < -0.3 is 0 Å². The lowest BCUT2D eigenvalue weighted by molar-refractivity contribution is -0.0405. The van der Waals surface area contributed by atoms with Crippen LogP contribution in [0.2, 0.25) is 0 Å². The molecule has 24 heavy (non-hydrogen) atoms. The van der Waals surface area contributed by atoms with Crippen LogP contribution in [-0.2, 0) is 4.84 Å². The Balaban J connectivity index is 2.01. The largest absolute Gasteiger partial charge is 0.369 e. The average molecular weight is 343 g/mol. The van der Waals surface area contributed by atoms with Gasteiger partial charge in [-0.3, -0.25) is 4.84 Å². The first-order valence-electron chi connectivity index (χ1n) is 7.35. The third-order valence-corrected chi connectivity index (χ3v) is 4.57. The molecule has 1 fully saturated rings. The molecule has 0 bridgehead atoms. The first-order valence-corrected chi connectivity index (χ1v) is 8.08. The molecule has 124 valence electrons. The lowest BCUT2D eigenvalue weighted by Crippen LogP contribution is -2.54. The molecule has 7 heteroatoms. The van der Waals surface area contributed by atoms with E-state index in [4.69, 9.17) is 4.84 Å². The van der Waals surface area contributed by atoms with E-state index in [0.29, 0.717) is 11.4 Å². The molecule has 2 aromatic carbocycles. The van der Waals surface area contributed by atoms with Crippen LogP contribution in [0.3, 0.4) is 0 Å². The van der Waals surface area contributed by atoms with Gasteiger partial charge in [0.1, 0.15) is 0 Å². The number of amides is 4. The molecule has 0 aromatic heterocycles. The standard InChI is InChI=1S/C17H17N3O3S/c1-12-6-4-8-14(10-12)19-16(21)18(23-3)17(22)20(24-19)15-9-5-7-13(2)11-15/h4-11H,1-3H3. The number of hydroxylamine groups is 2. The van der Waals surface area contributed by atoms with Gasteiger partial charge in [0.2, 0.25) is 0 Å². The van der Waals surface area contributed by atoms with E-state index in [1.165, 1.54) is 15.7 Å². The van der Waals surface area contributed by atoms with Crippen molar-refractivity contribution in [3.63, 3.8) is 0 Å². The second kappa shape index (κ2) is 6.54. The average Bonchev–Trinajstić information content (AvgIpc) is 2.55. The summed E-state index contributed by atoms with van der Waals surface area (Å²) in [6, 6.07) is 13.9. The number of urea groups is 2. The number of carbonyl (C=O) groups is 2. The van der Waals surface area contributed by atoms with Gasteiger partial charge in [0.25, 0.3) is 0 Å². The van der Waals surface area contributed by atoms with Gasteiger partial charge in [0.05, 0.1) is 30.6 Å². The maximum absolute atomic E-state index is 12.6. The Morgan fingerprint density at radius 2 is 1.29 bits per heavy atom. The van der Waals surface area contributed by atoms with Crippen molar-refractivity contribution in [3.8, 4) is 0 Å². The van der Waals surface area contributed by atoms with Crippen molar-refractivity contribution in [2.75, 3.05) is 15.7 Å². The predicted octanol–water partition coefficient (Wildman–Crippen LogP) is 4.30. The lowest BCUT2D eigenvalue weighted by atomic mass is 10.2. The van der Waals surface area contributed by atoms with Crippen molar-refractivity contribution in [1.29, 1.82) is 0 Å². The normalized spacial score (nSPS) is 15.2. The molecule has 2 aromatic rings. The zero-order valence-electron chi connectivity index (χ0n) is 13.6. The monoisotopic (exact) mass is 343 g/mol. The molecule has 1 aliphatic rings. The van der Waals surface area contributed by atoms with Crippen LogP contribution in [0.1, 0.15) is 11.1 Å². The van der Waals surface area contributed by atoms with Crippen LogP contribution in [0, 0.1) is 13.8 Å². The number of rotatable bonds is 3. The van der Waals surface area contributed by atoms with Gasteiger partial charge in [-0.1, -0.05) is 24.3 Å². The number of carbonyl (C=O) groups excluding carboxylic acids is 2. The lowest BCUT2D eigenvalue weighted by Gasteiger charge is -2.37. The molecule has 0 unspecified atom stereocenters. The third kappa shape index (κ3) is 2.95. The van der Waals surface area contributed by atoms with E-state index in [0.717, 1.165) is 28.3 Å². The highest BCUT2D eigenvalue weighted by atomic mass is 32.2. The minimum Gasteiger partial charge on any atom is -0.264 e. The number of nitrogens with zero attached hydrogens (tertiary/aromatic N) is 3. The quantitative estimate of drug-likeness (QED) is 0.780. The summed E-state index contributed by atoms with van der Waals surface area (Å²) in [5.74, 6) is 0. The molecule has 1 aliphatic heterocycles. The highest BCUT2D eigenvalue weighted by Gasteiger charge is 2.41. The van der Waals surface area contributed by atoms with Crippen LogP contribution in [0.5, 0.6) is 0 Å². The van der Waals surface area contributed by atoms with Crippen molar-refractivity contribution in [1.82, 2.24) is 5.06 Å². The molecule has 6 nitrogen and oxygen atoms in total. The van der Waals surface area contributed by atoms with E-state index >= 15 is 0 Å². The Kier molecular flexibility index (Phi) is 4.46. The van der Waals surface area contributed by atoms with Gasteiger partial charge in [-0.2, -0.15) is 0 Å². The summed E-state index contributed by atoms with van der Waals surface area (Å²) in [6.45, 7) is 3.89. The van der Waals surface area contributed by atoms with Crippen molar-refractivity contribution < 1.29 is 14.4 Å². The molecular weight excluding hydrogens is 326 g/mol. The van der Waals surface area contributed by atoms with E-state index in [1.807, 2.05) is 62.4 Å². The maximum Gasteiger partial charge on any atom is 0.369 e. The Morgan fingerprint density at radius 1 is 0.833 bits per heavy atom. The minimum absolute atomic E-state index is 0.540. The van der Waals surface area contributed by atoms with Crippen molar-refractivity contribution >= 4 is 35.6 Å². The first-order chi connectivity index (χ1) is 11.5. The molecule has 3 rings (SSSR count). The Labute approximate surface area is 144 Å². The van der Waals surface area contributed by atoms with Crippen LogP contribution < -0.4 is 8.61 Å². The van der Waals surface area contributed by atoms with E-state index in [9.17, 15) is 9.59 Å². The fourth-order valence-corrected chi connectivity index (χ4v) is 3.25. The minimum atomic E-state index is -0.540. The van der Waals surface area contributed by atoms with Crippen LogP contribution in [0.15, 0.2) is 48.5 Å². The molecule has 0 N–H and O–H groups in total. The van der Waals surface area contributed by atoms with Gasteiger partial charge in [0.15, 0.2) is 0 Å². The van der Waals surface area contributed by atoms with E-state index in [1.54, 1.807) is 0 Å². The molecule has 0 saturated carbocycles. The second-order valence-corrected chi connectivity index (χ2v) is 6.28. The summed E-state index contributed by atoms with van der Waals surface area (Å²) in [7, 11) is 1.30. The van der Waals surface area contributed by atoms with Gasteiger partial charge in [-0.15, -0.1) is 5.06 Å². The fraction of sp³-hybridized carbons (Fsp3) is 0.176. The van der Waals surface area contributed by atoms with Gasteiger partial charge >= 0.3 is 12.1 Å². The molecule has 0 atom stereocenters. The second-order valence-electron chi connectivity index (χ2n) is 5.39. The van der Waals surface area contributed by atoms with Crippen LogP contribution >= 0.6 is 12.1 Å². The van der Waals surface area contributed by atoms with Crippen LogP contribution in [-0.4, -0.2) is 24.2 Å². The Hall–Kier alpha value is -2.51. The van der Waals surface area contributed by atoms with Gasteiger partial charge in [-0.25, -0.2) is 18.2 Å². The first kappa shape index (κ1) is 16.4. The molecule has 0 spiro atoms. The zero-order valence-corrected chi connectivity index (χ0v) is 14.4. The molecule has 1 heterocycles. The summed E-state index contributed by atoms with van der Waals surface area (Å²) in [5.41, 5.74) is 3.39. The number of anilines is 2. The number of hydrogen-bond acceptors (Lipinski definition) is 4. The highest BCUT2D eigenvalue weighted by Crippen LogP contribution is 2.36. The molecular formula is C17H17N3O3S. The molecule has 1 saturated heterocycles. The SMILES string of the molecule is CON1C(=O)N(c2cccc(C)c2)SN(c2cccc(C)c2)C1=O. The smallest absolute Gasteiger partial charge is 0.264 e. The van der Waals surface area contributed by atoms with E-state index in [2.05, 4.69) is 0 Å². The summed E-state index contributed by atoms with van der Waals surface area (Å²) in [5, 5.41) is 0.751. The van der Waals surface area contributed by atoms with Gasteiger partial charge in [-0.05, 0) is 49.2 Å². The summed E-state index contributed by atoms with van der Waals surface area (Å²) in [4.78, 5) is 30.2. The molecule has 0 aliphatic carbocycles. The topological polar surface area (TPSA) is 53.1 Å². The fourth-order valence-electron chi connectivity index (χ4n) is 2.38. The summed E-state index contributed by atoms with van der Waals surface area (Å²) < 4.78 is 2.86. The zero-order chi connectivity index (χ0) is 17.3. The van der Waals surface area contributed by atoms with E-state index in [-0.39, 0.29) is 0 Å². The van der Waals surface area contributed by atoms with Crippen molar-refractivity contribution in [2.24, 2.45) is 0 Å². The van der Waals surface area contributed by atoms with Crippen LogP contribution in [0.4, 0.5) is 21.0 Å². The van der Waals surface area contributed by atoms with Crippen LogP contribution in [0.25, 0.3) is 0 Å². The molecule has 0 radical (unpaired) electrons. The highest BCUT2D eigenvalue weighted by molar-refractivity contribution is 8.03. The third-order valence-electron chi connectivity index (χ3n) is 3.51. The van der Waals surface area contributed by atoms with Crippen molar-refractivity contribution in [2.45, 2.75) is 13.8 Å². The number of benzene rings is 2. The summed E-state index contributed by atoms with van der Waals surface area (Å²) >= 11 is 1.04. The predicted molar refractivity (Wildman–Crippen MR) is 94.5 cm³/mol. The van der Waals surface area contributed by atoms with Crippen molar-refractivity contribution in [3.05, 3.63) is 59.7 Å². The van der Waals surface area contributed by atoms with E-state index < -0.39 is 12.1 Å². The number of hydrogen-bond donors (Lipinski definition) is 0. The summed E-state index contributed by atoms with van der Waals surface area (Å²) in [6.07, 6.45) is 0. The Morgan fingerprint density at radius 3 is 1.67 bits per heavy atom. The number of aryl methyl sites for hydroxylation is 2. The number of imide groups is 1. The molecule has 4 amide bonds. The Bertz CT molecular complexity index is 733.